The Morgan fingerprint density at radius 2 is 1.79 bits per heavy atom. The third-order valence-electron chi connectivity index (χ3n) is 7.69. The number of rotatable bonds is 7. The lowest BCUT2D eigenvalue weighted by Gasteiger charge is -2.54. The molecule has 3 unspecified atom stereocenters. The normalized spacial score (nSPS) is 26.9. The van der Waals surface area contributed by atoms with E-state index in [1.807, 2.05) is 0 Å². The highest BCUT2D eigenvalue weighted by Crippen LogP contribution is 2.46. The van der Waals surface area contributed by atoms with E-state index >= 15 is 0 Å². The molecule has 186 valence electrons. The zero-order valence-corrected chi connectivity index (χ0v) is 23.0. The second-order valence-corrected chi connectivity index (χ2v) is 14.0. The number of hydrogen-bond acceptors (Lipinski definition) is 3. The Balaban J connectivity index is 1.86. The van der Waals surface area contributed by atoms with Crippen LogP contribution in [0.25, 0.3) is 0 Å². The molecule has 1 N–H and O–H groups in total. The molecule has 3 nitrogen and oxygen atoms in total. The molecule has 3 atom stereocenters. The summed E-state index contributed by atoms with van der Waals surface area (Å²) in [6, 6.07) is 8.92. The van der Waals surface area contributed by atoms with E-state index in [0.29, 0.717) is 22.7 Å². The van der Waals surface area contributed by atoms with Gasteiger partial charge in [0, 0.05) is 19.1 Å². The Kier molecular flexibility index (Phi) is 8.14. The topological polar surface area (TPSA) is 30.5 Å². The summed E-state index contributed by atoms with van der Waals surface area (Å²) in [5, 5.41) is 3.95. The summed E-state index contributed by atoms with van der Waals surface area (Å²) < 4.78 is 13.5. The number of nitrogens with one attached hydrogen (secondary N) is 1. The lowest BCUT2D eigenvalue weighted by molar-refractivity contribution is -0.144. The highest BCUT2D eigenvalue weighted by atomic mass is 16.6. The standard InChI is InChI=1S/C29H50BNO2/c1-10-28(8,9)18-22-13-11-15-24(17-22)30-32-20-25-23(19-26(2,3)4)14-12-16-29(25,33-30)31-21-27(5,6)7/h11,13,15,17,23,25,31H,10,12,14,16,18-21H2,1-9H3. The van der Waals surface area contributed by atoms with Crippen molar-refractivity contribution in [2.24, 2.45) is 28.1 Å². The first kappa shape index (κ1) is 26.8. The minimum absolute atomic E-state index is 0.207. The van der Waals surface area contributed by atoms with Crippen LogP contribution in [-0.4, -0.2) is 26.0 Å². The quantitative estimate of drug-likeness (QED) is 0.471. The predicted molar refractivity (Wildman–Crippen MR) is 142 cm³/mol. The first-order chi connectivity index (χ1) is 15.2. The molecule has 0 spiro atoms. The van der Waals surface area contributed by atoms with Crippen molar-refractivity contribution in [2.75, 3.05) is 13.2 Å². The molecular weight excluding hydrogens is 405 g/mol. The van der Waals surface area contributed by atoms with Gasteiger partial charge in [-0.25, -0.2) is 0 Å². The van der Waals surface area contributed by atoms with Crippen molar-refractivity contribution < 1.29 is 9.31 Å². The SMILES string of the molecule is CCC(C)(C)Cc1cccc(B2OCC3C(CC(C)(C)C)CCCC3(NCC(C)(C)C)O2)c1. The second-order valence-electron chi connectivity index (χ2n) is 14.0. The van der Waals surface area contributed by atoms with Crippen LogP contribution in [0.15, 0.2) is 24.3 Å². The summed E-state index contributed by atoms with van der Waals surface area (Å²) >= 11 is 0. The fourth-order valence-electron chi connectivity index (χ4n) is 5.63. The Labute approximate surface area is 204 Å². The lowest BCUT2D eigenvalue weighted by atomic mass is 9.64. The zero-order valence-electron chi connectivity index (χ0n) is 23.0. The van der Waals surface area contributed by atoms with Gasteiger partial charge in [-0.05, 0) is 65.3 Å². The van der Waals surface area contributed by atoms with E-state index in [9.17, 15) is 0 Å². The van der Waals surface area contributed by atoms with Crippen molar-refractivity contribution in [3.63, 3.8) is 0 Å². The summed E-state index contributed by atoms with van der Waals surface area (Å²) in [6.45, 7) is 22.7. The average Bonchev–Trinajstić information content (AvgIpc) is 2.70. The molecule has 1 aliphatic heterocycles. The molecule has 33 heavy (non-hydrogen) atoms. The van der Waals surface area contributed by atoms with Crippen molar-refractivity contribution in [1.29, 1.82) is 0 Å². The van der Waals surface area contributed by atoms with Crippen LogP contribution in [0.4, 0.5) is 0 Å². The number of benzene rings is 1. The Morgan fingerprint density at radius 1 is 1.06 bits per heavy atom. The molecule has 0 radical (unpaired) electrons. The molecule has 2 fully saturated rings. The maximum Gasteiger partial charge on any atom is 0.495 e. The minimum atomic E-state index is -0.303. The first-order valence-electron chi connectivity index (χ1n) is 13.4. The monoisotopic (exact) mass is 455 g/mol. The summed E-state index contributed by atoms with van der Waals surface area (Å²) in [4.78, 5) is 0. The van der Waals surface area contributed by atoms with Crippen LogP contribution in [0, 0.1) is 28.1 Å². The van der Waals surface area contributed by atoms with Gasteiger partial charge in [0.05, 0.1) is 0 Å². The highest BCUT2D eigenvalue weighted by molar-refractivity contribution is 6.61. The predicted octanol–water partition coefficient (Wildman–Crippen LogP) is 6.59. The number of hydrogen-bond donors (Lipinski definition) is 1. The van der Waals surface area contributed by atoms with E-state index in [4.69, 9.17) is 9.31 Å². The van der Waals surface area contributed by atoms with Crippen molar-refractivity contribution in [3.8, 4) is 0 Å². The summed E-state index contributed by atoms with van der Waals surface area (Å²) in [5.74, 6) is 1.02. The van der Waals surface area contributed by atoms with E-state index in [1.165, 1.54) is 31.2 Å². The van der Waals surface area contributed by atoms with E-state index in [2.05, 4.69) is 91.9 Å². The van der Waals surface area contributed by atoms with Gasteiger partial charge in [-0.1, -0.05) is 93.0 Å². The van der Waals surface area contributed by atoms with Crippen LogP contribution in [-0.2, 0) is 15.7 Å². The van der Waals surface area contributed by atoms with Gasteiger partial charge >= 0.3 is 7.12 Å². The largest absolute Gasteiger partial charge is 0.495 e. The van der Waals surface area contributed by atoms with Crippen LogP contribution in [0.1, 0.15) is 100.0 Å². The highest BCUT2D eigenvalue weighted by Gasteiger charge is 2.53. The van der Waals surface area contributed by atoms with Gasteiger partial charge in [0.2, 0.25) is 0 Å². The van der Waals surface area contributed by atoms with Gasteiger partial charge in [-0.15, -0.1) is 0 Å². The third-order valence-corrected chi connectivity index (χ3v) is 7.69. The van der Waals surface area contributed by atoms with E-state index in [0.717, 1.165) is 31.5 Å². The van der Waals surface area contributed by atoms with Crippen LogP contribution in [0.3, 0.4) is 0 Å². The molecular formula is C29H50BNO2. The van der Waals surface area contributed by atoms with E-state index < -0.39 is 0 Å². The summed E-state index contributed by atoms with van der Waals surface area (Å²) in [7, 11) is -0.299. The molecule has 4 heteroatoms. The molecule has 1 aromatic carbocycles. The van der Waals surface area contributed by atoms with Crippen molar-refractivity contribution in [1.82, 2.24) is 5.32 Å². The maximum absolute atomic E-state index is 6.98. The van der Waals surface area contributed by atoms with Gasteiger partial charge in [0.25, 0.3) is 0 Å². The zero-order chi connectivity index (χ0) is 24.5. The Morgan fingerprint density at radius 3 is 2.42 bits per heavy atom. The molecule has 0 aromatic heterocycles. The van der Waals surface area contributed by atoms with Crippen LogP contribution in [0.2, 0.25) is 0 Å². The Hall–Kier alpha value is -0.835. The van der Waals surface area contributed by atoms with Crippen molar-refractivity contribution in [3.05, 3.63) is 29.8 Å². The second kappa shape index (κ2) is 10.0. The van der Waals surface area contributed by atoms with Crippen LogP contribution >= 0.6 is 0 Å². The smallest absolute Gasteiger partial charge is 0.407 e. The molecule has 0 amide bonds. The van der Waals surface area contributed by atoms with Gasteiger partial charge in [-0.2, -0.15) is 0 Å². The Bertz CT molecular complexity index is 779. The van der Waals surface area contributed by atoms with Crippen LogP contribution < -0.4 is 10.8 Å². The van der Waals surface area contributed by atoms with Gasteiger partial charge < -0.3 is 9.31 Å². The van der Waals surface area contributed by atoms with E-state index in [1.54, 1.807) is 0 Å². The average molecular weight is 456 g/mol. The lowest BCUT2D eigenvalue weighted by Crippen LogP contribution is -2.67. The fraction of sp³-hybridized carbons (Fsp3) is 0.793. The minimum Gasteiger partial charge on any atom is -0.407 e. The van der Waals surface area contributed by atoms with Gasteiger partial charge in [0.1, 0.15) is 5.72 Å². The molecule has 1 aliphatic carbocycles. The molecule has 0 bridgehead atoms. The van der Waals surface area contributed by atoms with Gasteiger partial charge in [0.15, 0.2) is 0 Å². The maximum atomic E-state index is 6.98. The molecule has 2 aliphatic rings. The molecule has 1 saturated carbocycles. The molecule has 1 aromatic rings. The molecule has 1 heterocycles. The van der Waals surface area contributed by atoms with E-state index in [-0.39, 0.29) is 18.3 Å². The molecule has 1 saturated heterocycles. The van der Waals surface area contributed by atoms with Gasteiger partial charge in [-0.3, -0.25) is 5.32 Å². The first-order valence-corrected chi connectivity index (χ1v) is 13.4. The molecule has 3 rings (SSSR count). The number of fused-ring (bicyclic) bond motifs is 1. The summed E-state index contributed by atoms with van der Waals surface area (Å²) in [6.07, 6.45) is 7.02. The third kappa shape index (κ3) is 7.32. The fourth-order valence-corrected chi connectivity index (χ4v) is 5.63. The summed E-state index contributed by atoms with van der Waals surface area (Å²) in [5.41, 5.74) is 3.06. The van der Waals surface area contributed by atoms with Crippen molar-refractivity contribution >= 4 is 12.6 Å². The van der Waals surface area contributed by atoms with Crippen LogP contribution in [0.5, 0.6) is 0 Å². The van der Waals surface area contributed by atoms with Crippen molar-refractivity contribution in [2.45, 2.75) is 107 Å².